The molecular weight excluding hydrogens is 565 g/mol. The number of allylic oxidation sites excluding steroid dienone is 8. The van der Waals surface area contributed by atoms with Gasteiger partial charge in [0, 0.05) is 13.0 Å². The third-order valence-corrected chi connectivity index (χ3v) is 7.39. The van der Waals surface area contributed by atoms with Crippen LogP contribution in [0.25, 0.3) is 0 Å². The minimum Gasteiger partial charge on any atom is -0.457 e. The van der Waals surface area contributed by atoms with Crippen LogP contribution in [0.1, 0.15) is 104 Å². The summed E-state index contributed by atoms with van der Waals surface area (Å²) >= 11 is 0. The van der Waals surface area contributed by atoms with E-state index >= 15 is 0 Å². The maximum atomic E-state index is 12.4. The topological polar surface area (TPSA) is 91.3 Å². The van der Waals surface area contributed by atoms with Crippen LogP contribution in [0, 0.1) is 0 Å². The number of ether oxygens (including phenoxy) is 2. The number of hydrogen-bond donors (Lipinski definition) is 1. The minimum absolute atomic E-state index is 0.0772. The number of unbranched alkanes of at least 4 members (excludes halogenated alkanes) is 7. The number of quaternary nitrogens is 1. The van der Waals surface area contributed by atoms with Crippen LogP contribution in [0.15, 0.2) is 48.6 Å². The molecule has 0 aliphatic heterocycles. The van der Waals surface area contributed by atoms with E-state index < -0.39 is 13.9 Å². The van der Waals surface area contributed by atoms with Crippen molar-refractivity contribution in [3.8, 4) is 0 Å². The highest BCUT2D eigenvalue weighted by Crippen LogP contribution is 2.43. The highest BCUT2D eigenvalue weighted by atomic mass is 31.2. The first-order valence-electron chi connectivity index (χ1n) is 16.4. The van der Waals surface area contributed by atoms with Gasteiger partial charge in [0.2, 0.25) is 0 Å². The lowest BCUT2D eigenvalue weighted by molar-refractivity contribution is -0.870. The van der Waals surface area contributed by atoms with E-state index in [0.717, 1.165) is 57.8 Å². The van der Waals surface area contributed by atoms with Crippen molar-refractivity contribution in [1.29, 1.82) is 0 Å². The molecule has 0 aromatic carbocycles. The van der Waals surface area contributed by atoms with Gasteiger partial charge in [-0.3, -0.25) is 13.8 Å². The van der Waals surface area contributed by atoms with Gasteiger partial charge >= 0.3 is 13.8 Å². The number of hydrogen-bond acceptors (Lipinski definition) is 6. The molecule has 0 spiro atoms. The van der Waals surface area contributed by atoms with Crippen molar-refractivity contribution in [2.45, 2.75) is 110 Å². The van der Waals surface area contributed by atoms with Gasteiger partial charge in [-0.15, -0.1) is 0 Å². The lowest BCUT2D eigenvalue weighted by atomic mass is 10.1. The van der Waals surface area contributed by atoms with Crippen molar-refractivity contribution in [3.63, 3.8) is 0 Å². The summed E-state index contributed by atoms with van der Waals surface area (Å²) in [6.07, 6.45) is 30.2. The van der Waals surface area contributed by atoms with E-state index in [0.29, 0.717) is 24.1 Å². The molecular formula is C34H63NO7P+. The predicted molar refractivity (Wildman–Crippen MR) is 178 cm³/mol. The molecule has 9 heteroatoms. The normalized spacial score (nSPS) is 14.8. The van der Waals surface area contributed by atoms with Crippen LogP contribution in [0.2, 0.25) is 0 Å². The van der Waals surface area contributed by atoms with Gasteiger partial charge in [0.05, 0.1) is 34.4 Å². The van der Waals surface area contributed by atoms with Gasteiger partial charge in [-0.25, -0.2) is 4.57 Å². The first kappa shape index (κ1) is 41.5. The molecule has 0 aliphatic carbocycles. The molecule has 0 saturated carbocycles. The number of rotatable bonds is 29. The zero-order valence-electron chi connectivity index (χ0n) is 27.9. The minimum atomic E-state index is -4.27. The standard InChI is InChI=1S/C34H62NO7P/c1-6-8-10-12-14-15-16-17-18-19-20-22-24-26-29-39-31-33(32-41-43(37,38)40-30-28-35(3,4)5)42-34(36)27-25-23-21-13-11-9-7-2/h8,10,14-15,17-18,20,22,33H,6-7,9,11-13,16,19,21,23-32H2,1-5H3/p+1/b10-8-,15-14-,18-17-,22-20-. The van der Waals surface area contributed by atoms with Crippen molar-refractivity contribution >= 4 is 13.8 Å². The Morgan fingerprint density at radius 3 is 1.93 bits per heavy atom. The largest absolute Gasteiger partial charge is 0.472 e. The summed E-state index contributed by atoms with van der Waals surface area (Å²) in [7, 11) is 1.62. The average Bonchev–Trinajstić information content (AvgIpc) is 2.94. The second kappa shape index (κ2) is 28.0. The molecule has 0 rings (SSSR count). The van der Waals surface area contributed by atoms with Crippen LogP contribution in [-0.4, -0.2) is 75.6 Å². The van der Waals surface area contributed by atoms with Crippen LogP contribution in [0.3, 0.4) is 0 Å². The van der Waals surface area contributed by atoms with Crippen molar-refractivity contribution in [2.24, 2.45) is 0 Å². The molecule has 0 aliphatic rings. The Bertz CT molecular complexity index is 833. The molecule has 0 heterocycles. The number of carbonyl (C=O) groups excluding carboxylic acids is 1. The van der Waals surface area contributed by atoms with E-state index in [1.807, 2.05) is 21.1 Å². The molecule has 0 aromatic heterocycles. The number of likely N-dealkylation sites (N-methyl/N-ethyl adjacent to an activating group) is 1. The molecule has 0 amide bonds. The van der Waals surface area contributed by atoms with Gasteiger partial charge in [0.25, 0.3) is 0 Å². The molecule has 1 N–H and O–H groups in total. The van der Waals surface area contributed by atoms with Crippen LogP contribution in [0.4, 0.5) is 0 Å². The third kappa shape index (κ3) is 31.7. The lowest BCUT2D eigenvalue weighted by Crippen LogP contribution is -2.37. The first-order chi connectivity index (χ1) is 20.6. The summed E-state index contributed by atoms with van der Waals surface area (Å²) in [5, 5.41) is 0. The monoisotopic (exact) mass is 628 g/mol. The molecule has 0 saturated heterocycles. The van der Waals surface area contributed by atoms with E-state index in [9.17, 15) is 14.3 Å². The van der Waals surface area contributed by atoms with Crippen LogP contribution in [-0.2, 0) is 27.9 Å². The quantitative estimate of drug-likeness (QED) is 0.0292. The summed E-state index contributed by atoms with van der Waals surface area (Å²) in [6.45, 7) is 5.27. The van der Waals surface area contributed by atoms with Crippen molar-refractivity contribution in [1.82, 2.24) is 0 Å². The Balaban J connectivity index is 4.44. The van der Waals surface area contributed by atoms with Crippen LogP contribution >= 0.6 is 7.82 Å². The number of nitrogens with zero attached hydrogens (tertiary/aromatic N) is 1. The van der Waals surface area contributed by atoms with Gasteiger partial charge in [-0.05, 0) is 44.9 Å². The fourth-order valence-corrected chi connectivity index (χ4v) is 4.59. The van der Waals surface area contributed by atoms with E-state index in [1.165, 1.54) is 25.7 Å². The second-order valence-electron chi connectivity index (χ2n) is 11.8. The van der Waals surface area contributed by atoms with Crippen molar-refractivity contribution < 1.29 is 37.3 Å². The highest BCUT2D eigenvalue weighted by molar-refractivity contribution is 7.47. The number of esters is 1. The maximum Gasteiger partial charge on any atom is 0.472 e. The van der Waals surface area contributed by atoms with Crippen molar-refractivity contribution in [3.05, 3.63) is 48.6 Å². The number of phosphoric acid groups is 1. The fourth-order valence-electron chi connectivity index (χ4n) is 3.85. The lowest BCUT2D eigenvalue weighted by Gasteiger charge is -2.24. The maximum absolute atomic E-state index is 12.4. The van der Waals surface area contributed by atoms with Gasteiger partial charge in [0.1, 0.15) is 19.3 Å². The Morgan fingerprint density at radius 1 is 0.744 bits per heavy atom. The summed E-state index contributed by atoms with van der Waals surface area (Å²) < 4.78 is 34.5. The predicted octanol–water partition coefficient (Wildman–Crippen LogP) is 8.48. The molecule has 250 valence electrons. The SMILES string of the molecule is CC/C=C\C/C=C\C/C=C\C/C=C\CCCOCC(COP(=O)(O)OCC[N+](C)(C)C)OC(=O)CCCCCCCCC. The summed E-state index contributed by atoms with van der Waals surface area (Å²) in [6, 6.07) is 0. The number of carbonyl (C=O) groups is 1. The molecule has 2 atom stereocenters. The molecule has 43 heavy (non-hydrogen) atoms. The first-order valence-corrected chi connectivity index (χ1v) is 17.9. The van der Waals surface area contributed by atoms with E-state index in [2.05, 4.69) is 62.5 Å². The summed E-state index contributed by atoms with van der Waals surface area (Å²) in [4.78, 5) is 22.5. The molecule has 8 nitrogen and oxygen atoms in total. The second-order valence-corrected chi connectivity index (χ2v) is 13.3. The van der Waals surface area contributed by atoms with E-state index in [1.54, 1.807) is 0 Å². The van der Waals surface area contributed by atoms with E-state index in [4.69, 9.17) is 18.5 Å². The fraction of sp³-hybridized carbons (Fsp3) is 0.735. The molecule has 0 radical (unpaired) electrons. The summed E-state index contributed by atoms with van der Waals surface area (Å²) in [5.41, 5.74) is 0. The molecule has 2 unspecified atom stereocenters. The Hall–Kier alpha value is -1.54. The smallest absolute Gasteiger partial charge is 0.457 e. The molecule has 0 bridgehead atoms. The Kier molecular flexibility index (Phi) is 27.0. The van der Waals surface area contributed by atoms with Gasteiger partial charge in [-0.2, -0.15) is 0 Å². The molecule has 0 fully saturated rings. The third-order valence-electron chi connectivity index (χ3n) is 6.40. The highest BCUT2D eigenvalue weighted by Gasteiger charge is 2.26. The Labute approximate surface area is 263 Å². The zero-order valence-corrected chi connectivity index (χ0v) is 28.8. The van der Waals surface area contributed by atoms with Gasteiger partial charge in [-0.1, -0.05) is 101 Å². The summed E-state index contributed by atoms with van der Waals surface area (Å²) in [5.74, 6) is -0.343. The van der Waals surface area contributed by atoms with Crippen LogP contribution < -0.4 is 0 Å². The molecule has 0 aromatic rings. The van der Waals surface area contributed by atoms with Gasteiger partial charge in [0.15, 0.2) is 0 Å². The van der Waals surface area contributed by atoms with Crippen molar-refractivity contribution in [2.75, 3.05) is 54.1 Å². The number of phosphoric ester groups is 1. The van der Waals surface area contributed by atoms with Crippen LogP contribution in [0.5, 0.6) is 0 Å². The van der Waals surface area contributed by atoms with Gasteiger partial charge < -0.3 is 18.9 Å². The van der Waals surface area contributed by atoms with E-state index in [-0.39, 0.29) is 25.8 Å². The average molecular weight is 629 g/mol. The Morgan fingerprint density at radius 2 is 1.33 bits per heavy atom. The zero-order chi connectivity index (χ0) is 32.1.